The van der Waals surface area contributed by atoms with Gasteiger partial charge in [-0.25, -0.2) is 8.42 Å². The van der Waals surface area contributed by atoms with Gasteiger partial charge in [0.25, 0.3) is 0 Å². The van der Waals surface area contributed by atoms with Crippen LogP contribution in [-0.2, 0) is 9.84 Å². The van der Waals surface area contributed by atoms with E-state index < -0.39 is 9.84 Å². The first-order valence-electron chi connectivity index (χ1n) is 6.46. The second-order valence-corrected chi connectivity index (χ2v) is 9.21. The largest absolute Gasteiger partial charge is 0.315 e. The number of rotatable bonds is 2. The van der Waals surface area contributed by atoms with Crippen molar-refractivity contribution in [1.82, 2.24) is 0 Å². The Bertz CT molecular complexity index is 660. The van der Waals surface area contributed by atoms with Crippen molar-refractivity contribution in [2.75, 3.05) is 22.2 Å². The second-order valence-electron chi connectivity index (χ2n) is 4.91. The van der Waals surface area contributed by atoms with Crippen LogP contribution in [0, 0.1) is 0 Å². The fourth-order valence-electron chi connectivity index (χ4n) is 2.69. The summed E-state index contributed by atoms with van der Waals surface area (Å²) in [5.41, 5.74) is 1.00. The van der Waals surface area contributed by atoms with Gasteiger partial charge in [-0.3, -0.25) is 4.99 Å². The minimum atomic E-state index is -2.96. The fourth-order valence-corrected chi connectivity index (χ4v) is 5.77. The van der Waals surface area contributed by atoms with Crippen LogP contribution >= 0.6 is 27.7 Å². The number of anilines is 1. The molecule has 4 nitrogen and oxygen atoms in total. The summed E-state index contributed by atoms with van der Waals surface area (Å²) in [6.45, 7) is 2.08. The van der Waals surface area contributed by atoms with Crippen LogP contribution < -0.4 is 4.90 Å². The predicted molar refractivity (Wildman–Crippen MR) is 88.4 cm³/mol. The van der Waals surface area contributed by atoms with Crippen molar-refractivity contribution in [1.29, 1.82) is 0 Å². The zero-order valence-corrected chi connectivity index (χ0v) is 14.2. The first-order chi connectivity index (χ1) is 9.50. The van der Waals surface area contributed by atoms with Gasteiger partial charge in [0, 0.05) is 10.2 Å². The van der Waals surface area contributed by atoms with Gasteiger partial charge in [0.2, 0.25) is 0 Å². The lowest BCUT2D eigenvalue weighted by Crippen LogP contribution is -2.39. The van der Waals surface area contributed by atoms with E-state index in [0.29, 0.717) is 0 Å². The van der Waals surface area contributed by atoms with E-state index in [1.807, 2.05) is 24.3 Å². The molecule has 2 atom stereocenters. The molecule has 0 aromatic heterocycles. The lowest BCUT2D eigenvalue weighted by Gasteiger charge is -2.26. The molecular formula is C13H15BrN2O2S2. The number of amidine groups is 1. The first-order valence-corrected chi connectivity index (χ1v) is 10.1. The third-order valence-electron chi connectivity index (χ3n) is 3.47. The molecule has 1 aromatic rings. The van der Waals surface area contributed by atoms with Crippen molar-refractivity contribution < 1.29 is 8.42 Å². The van der Waals surface area contributed by atoms with Crippen molar-refractivity contribution in [3.63, 3.8) is 0 Å². The molecule has 1 aromatic carbocycles. The Balaban J connectivity index is 2.00. The Morgan fingerprint density at radius 1 is 1.45 bits per heavy atom. The predicted octanol–water partition coefficient (Wildman–Crippen LogP) is 2.54. The number of fused-ring (bicyclic) bond motifs is 1. The number of benzene rings is 1. The molecule has 0 bridgehead atoms. The maximum Gasteiger partial charge on any atom is 0.164 e. The van der Waals surface area contributed by atoms with Gasteiger partial charge < -0.3 is 4.90 Å². The lowest BCUT2D eigenvalue weighted by molar-refractivity contribution is 0.601. The maximum atomic E-state index is 11.8. The molecule has 7 heteroatoms. The average Bonchev–Trinajstić information content (AvgIpc) is 2.80. The molecule has 0 radical (unpaired) electrons. The summed E-state index contributed by atoms with van der Waals surface area (Å²) in [5.74, 6) is 1.30. The number of thioether (sulfide) groups is 1. The van der Waals surface area contributed by atoms with Gasteiger partial charge in [0.05, 0.1) is 23.6 Å². The van der Waals surface area contributed by atoms with E-state index in [4.69, 9.17) is 0 Å². The Labute approximate surface area is 131 Å². The first kappa shape index (κ1) is 14.4. The minimum Gasteiger partial charge on any atom is -0.315 e. The third-order valence-corrected chi connectivity index (χ3v) is 6.51. The summed E-state index contributed by atoms with van der Waals surface area (Å²) < 4.78 is 24.7. The molecule has 1 saturated heterocycles. The highest BCUT2D eigenvalue weighted by Crippen LogP contribution is 2.35. The van der Waals surface area contributed by atoms with Gasteiger partial charge in [0.15, 0.2) is 15.0 Å². The van der Waals surface area contributed by atoms with Gasteiger partial charge in [-0.15, -0.1) is 0 Å². The van der Waals surface area contributed by atoms with Crippen LogP contribution in [0.2, 0.25) is 0 Å². The van der Waals surface area contributed by atoms with Crippen LogP contribution in [0.4, 0.5) is 5.69 Å². The molecule has 1 fully saturated rings. The van der Waals surface area contributed by atoms with E-state index in [0.717, 1.165) is 21.1 Å². The number of sulfone groups is 1. The molecule has 0 saturated carbocycles. The summed E-state index contributed by atoms with van der Waals surface area (Å²) in [6, 6.07) is 7.77. The van der Waals surface area contributed by atoms with Gasteiger partial charge in [-0.1, -0.05) is 40.7 Å². The molecule has 2 aliphatic heterocycles. The molecule has 0 unspecified atom stereocenters. The Morgan fingerprint density at radius 2 is 2.25 bits per heavy atom. The maximum absolute atomic E-state index is 11.8. The van der Waals surface area contributed by atoms with Crippen LogP contribution in [0.3, 0.4) is 0 Å². The summed E-state index contributed by atoms with van der Waals surface area (Å²) in [5, 5.41) is 0.940. The van der Waals surface area contributed by atoms with Gasteiger partial charge in [0.1, 0.15) is 0 Å². The molecular weight excluding hydrogens is 360 g/mol. The van der Waals surface area contributed by atoms with Crippen LogP contribution in [0.1, 0.15) is 6.92 Å². The highest BCUT2D eigenvalue weighted by molar-refractivity contribution is 9.10. The molecule has 20 heavy (non-hydrogen) atoms. The highest BCUT2D eigenvalue weighted by atomic mass is 79.9. The molecule has 3 rings (SSSR count). The second kappa shape index (κ2) is 5.35. The van der Waals surface area contributed by atoms with Crippen molar-refractivity contribution in [3.8, 4) is 0 Å². The molecule has 108 valence electrons. The van der Waals surface area contributed by atoms with Crippen molar-refractivity contribution in [2.45, 2.75) is 19.0 Å². The minimum absolute atomic E-state index is 0.0525. The normalized spacial score (nSPS) is 27.5. The molecule has 0 aliphatic carbocycles. The fraction of sp³-hybridized carbons (Fsp3) is 0.462. The topological polar surface area (TPSA) is 49.7 Å². The average molecular weight is 375 g/mol. The standard InChI is InChI=1S/C13H15BrN2O2S2/c1-2-19-13-15-11-7-20(17,18)8-12(11)16(13)10-5-3-4-9(14)6-10/h3-6,11-12H,2,7-8H2,1H3/t11-,12+/m0/s1. The van der Waals surface area contributed by atoms with Gasteiger partial charge in [-0.05, 0) is 24.0 Å². The lowest BCUT2D eigenvalue weighted by atomic mass is 10.1. The van der Waals surface area contributed by atoms with E-state index in [2.05, 4.69) is 32.7 Å². The molecule has 2 aliphatic rings. The van der Waals surface area contributed by atoms with Crippen molar-refractivity contribution in [3.05, 3.63) is 28.7 Å². The number of hydrogen-bond acceptors (Lipinski definition) is 5. The van der Waals surface area contributed by atoms with Gasteiger partial charge >= 0.3 is 0 Å². The Hall–Kier alpha value is -0.530. The van der Waals surface area contributed by atoms with E-state index >= 15 is 0 Å². The number of hydrogen-bond donors (Lipinski definition) is 0. The third kappa shape index (κ3) is 2.63. The zero-order chi connectivity index (χ0) is 14.3. The SMILES string of the molecule is CCSC1=N[C@H]2CS(=O)(=O)C[C@H]2N1c1cccc(Br)c1. The zero-order valence-electron chi connectivity index (χ0n) is 11.0. The highest BCUT2D eigenvalue weighted by Gasteiger charge is 2.46. The van der Waals surface area contributed by atoms with E-state index in [1.165, 1.54) is 0 Å². The smallest absolute Gasteiger partial charge is 0.164 e. The number of halogens is 1. The van der Waals surface area contributed by atoms with Crippen LogP contribution in [0.5, 0.6) is 0 Å². The Kier molecular flexibility index (Phi) is 3.85. The van der Waals surface area contributed by atoms with E-state index in [1.54, 1.807) is 11.8 Å². The number of nitrogens with zero attached hydrogens (tertiary/aromatic N) is 2. The summed E-state index contributed by atoms with van der Waals surface area (Å²) >= 11 is 5.14. The Morgan fingerprint density at radius 3 is 2.95 bits per heavy atom. The molecule has 0 N–H and O–H groups in total. The van der Waals surface area contributed by atoms with Crippen molar-refractivity contribution in [2.24, 2.45) is 4.99 Å². The van der Waals surface area contributed by atoms with Crippen molar-refractivity contribution >= 4 is 48.4 Å². The van der Waals surface area contributed by atoms with E-state index in [9.17, 15) is 8.42 Å². The van der Waals surface area contributed by atoms with Crippen LogP contribution in [-0.4, -0.2) is 42.9 Å². The molecule has 0 amide bonds. The van der Waals surface area contributed by atoms with E-state index in [-0.39, 0.29) is 23.6 Å². The number of aliphatic imine (C=N–C) groups is 1. The van der Waals surface area contributed by atoms with Crippen LogP contribution in [0.25, 0.3) is 0 Å². The van der Waals surface area contributed by atoms with Gasteiger partial charge in [-0.2, -0.15) is 0 Å². The summed E-state index contributed by atoms with van der Waals surface area (Å²) in [4.78, 5) is 6.73. The van der Waals surface area contributed by atoms with Crippen LogP contribution in [0.15, 0.2) is 33.7 Å². The summed E-state index contributed by atoms with van der Waals surface area (Å²) in [6.07, 6.45) is 0. The molecule has 2 heterocycles. The quantitative estimate of drug-likeness (QED) is 0.797. The monoisotopic (exact) mass is 374 g/mol. The summed E-state index contributed by atoms with van der Waals surface area (Å²) in [7, 11) is -2.96. The molecule has 0 spiro atoms.